The van der Waals surface area contributed by atoms with Gasteiger partial charge in [0.25, 0.3) is 0 Å². The highest BCUT2D eigenvalue weighted by molar-refractivity contribution is 9.10. The van der Waals surface area contributed by atoms with Crippen molar-refractivity contribution < 1.29 is 18.9 Å². The Morgan fingerprint density at radius 2 is 1.00 bits per heavy atom. The lowest BCUT2D eigenvalue weighted by Gasteiger charge is -2.15. The van der Waals surface area contributed by atoms with Crippen molar-refractivity contribution in [3.05, 3.63) is 59.1 Å². The number of rotatable bonds is 6. The van der Waals surface area contributed by atoms with Crippen LogP contribution in [-0.2, 0) is 0 Å². The fourth-order valence-electron chi connectivity index (χ4n) is 2.98. The molecule has 0 spiro atoms. The predicted molar refractivity (Wildman–Crippen MR) is 111 cm³/mol. The molecule has 4 nitrogen and oxygen atoms in total. The second kappa shape index (κ2) is 8.35. The first-order valence-electron chi connectivity index (χ1n) is 8.35. The van der Waals surface area contributed by atoms with E-state index in [-0.39, 0.29) is 0 Å². The summed E-state index contributed by atoms with van der Waals surface area (Å²) in [6, 6.07) is 17.7. The van der Waals surface area contributed by atoms with Crippen LogP contribution >= 0.6 is 15.9 Å². The first-order chi connectivity index (χ1) is 13.1. The minimum absolute atomic E-state index is 0.770. The summed E-state index contributed by atoms with van der Waals surface area (Å²) in [4.78, 5) is 0. The summed E-state index contributed by atoms with van der Waals surface area (Å²) in [6.07, 6.45) is 0. The van der Waals surface area contributed by atoms with Crippen LogP contribution in [0.2, 0.25) is 0 Å². The van der Waals surface area contributed by atoms with Gasteiger partial charge in [0.2, 0.25) is 0 Å². The molecule has 3 aromatic carbocycles. The van der Waals surface area contributed by atoms with Gasteiger partial charge in [0.1, 0.15) is 23.0 Å². The van der Waals surface area contributed by atoms with Gasteiger partial charge in [-0.05, 0) is 65.7 Å². The van der Waals surface area contributed by atoms with Gasteiger partial charge in [-0.1, -0.05) is 15.9 Å². The maximum absolute atomic E-state index is 5.55. The number of methoxy groups -OCH3 is 4. The van der Waals surface area contributed by atoms with E-state index in [1.807, 2.05) is 48.5 Å². The molecule has 0 aliphatic rings. The summed E-state index contributed by atoms with van der Waals surface area (Å²) in [6.45, 7) is 0. The summed E-state index contributed by atoms with van der Waals surface area (Å²) < 4.78 is 22.8. The van der Waals surface area contributed by atoms with Gasteiger partial charge in [-0.25, -0.2) is 0 Å². The second-order valence-corrected chi connectivity index (χ2v) is 6.78. The molecule has 0 unspecified atom stereocenters. The van der Waals surface area contributed by atoms with Crippen LogP contribution in [0.3, 0.4) is 0 Å². The van der Waals surface area contributed by atoms with Crippen LogP contribution in [0.25, 0.3) is 22.3 Å². The van der Waals surface area contributed by atoms with E-state index in [0.717, 1.165) is 49.7 Å². The van der Waals surface area contributed by atoms with E-state index in [2.05, 4.69) is 22.0 Å². The Hall–Kier alpha value is -2.66. The van der Waals surface area contributed by atoms with Gasteiger partial charge in [0.15, 0.2) is 0 Å². The molecule has 3 aromatic rings. The van der Waals surface area contributed by atoms with Crippen LogP contribution in [-0.4, -0.2) is 28.4 Å². The topological polar surface area (TPSA) is 36.9 Å². The molecule has 0 aromatic heterocycles. The van der Waals surface area contributed by atoms with Crippen LogP contribution in [0.5, 0.6) is 23.0 Å². The van der Waals surface area contributed by atoms with Crippen LogP contribution in [0, 0.1) is 0 Å². The molecule has 0 aliphatic heterocycles. The van der Waals surface area contributed by atoms with E-state index >= 15 is 0 Å². The zero-order valence-electron chi connectivity index (χ0n) is 15.7. The lowest BCUT2D eigenvalue weighted by molar-refractivity contribution is 0.404. The summed E-state index contributed by atoms with van der Waals surface area (Å²) in [7, 11) is 6.63. The quantitative estimate of drug-likeness (QED) is 0.495. The van der Waals surface area contributed by atoms with Crippen LogP contribution in [0.15, 0.2) is 59.1 Å². The van der Waals surface area contributed by atoms with Crippen molar-refractivity contribution in [2.24, 2.45) is 0 Å². The highest BCUT2D eigenvalue weighted by Crippen LogP contribution is 2.40. The SMILES string of the molecule is COc1ccc(OC)c(-c2cc(Br)cc(-c3cc(OC)ccc3OC)c2)c1. The minimum Gasteiger partial charge on any atom is -0.497 e. The van der Waals surface area contributed by atoms with Gasteiger partial charge < -0.3 is 18.9 Å². The van der Waals surface area contributed by atoms with E-state index in [0.29, 0.717) is 0 Å². The van der Waals surface area contributed by atoms with Crippen LogP contribution in [0.4, 0.5) is 0 Å². The van der Waals surface area contributed by atoms with Crippen molar-refractivity contribution >= 4 is 15.9 Å². The van der Waals surface area contributed by atoms with E-state index in [1.165, 1.54) is 0 Å². The molecule has 5 heteroatoms. The molecule has 0 amide bonds. The van der Waals surface area contributed by atoms with E-state index in [9.17, 15) is 0 Å². The Morgan fingerprint density at radius 3 is 1.37 bits per heavy atom. The zero-order chi connectivity index (χ0) is 19.4. The fraction of sp³-hybridized carbons (Fsp3) is 0.182. The van der Waals surface area contributed by atoms with E-state index in [1.54, 1.807) is 28.4 Å². The van der Waals surface area contributed by atoms with Gasteiger partial charge in [-0.3, -0.25) is 0 Å². The summed E-state index contributed by atoms with van der Waals surface area (Å²) in [5.74, 6) is 3.09. The average Bonchev–Trinajstić information content (AvgIpc) is 2.72. The maximum Gasteiger partial charge on any atom is 0.126 e. The largest absolute Gasteiger partial charge is 0.497 e. The lowest BCUT2D eigenvalue weighted by atomic mass is 9.97. The predicted octanol–water partition coefficient (Wildman–Crippen LogP) is 5.82. The summed E-state index contributed by atoms with van der Waals surface area (Å²) in [5.41, 5.74) is 3.89. The summed E-state index contributed by atoms with van der Waals surface area (Å²) in [5, 5.41) is 0. The number of halogens is 1. The first kappa shape index (κ1) is 19.1. The van der Waals surface area contributed by atoms with Crippen LogP contribution in [0.1, 0.15) is 0 Å². The third-order valence-electron chi connectivity index (χ3n) is 4.33. The Morgan fingerprint density at radius 1 is 0.556 bits per heavy atom. The van der Waals surface area contributed by atoms with Crippen molar-refractivity contribution in [1.82, 2.24) is 0 Å². The smallest absolute Gasteiger partial charge is 0.126 e. The molecular formula is C22H21BrO4. The summed E-state index contributed by atoms with van der Waals surface area (Å²) >= 11 is 3.63. The van der Waals surface area contributed by atoms with Gasteiger partial charge in [0.05, 0.1) is 28.4 Å². The van der Waals surface area contributed by atoms with Gasteiger partial charge >= 0.3 is 0 Å². The third kappa shape index (κ3) is 4.03. The molecule has 0 heterocycles. The minimum atomic E-state index is 0.770. The Kier molecular flexibility index (Phi) is 5.91. The zero-order valence-corrected chi connectivity index (χ0v) is 17.3. The fourth-order valence-corrected chi connectivity index (χ4v) is 3.47. The monoisotopic (exact) mass is 428 g/mol. The molecule has 0 aliphatic carbocycles. The van der Waals surface area contributed by atoms with Gasteiger partial charge in [-0.2, -0.15) is 0 Å². The molecule has 0 bridgehead atoms. The molecule has 0 radical (unpaired) electrons. The highest BCUT2D eigenvalue weighted by atomic mass is 79.9. The molecular weight excluding hydrogens is 408 g/mol. The molecule has 0 saturated heterocycles. The molecule has 0 saturated carbocycles. The van der Waals surface area contributed by atoms with E-state index in [4.69, 9.17) is 18.9 Å². The molecule has 0 fully saturated rings. The Labute approximate surface area is 167 Å². The second-order valence-electron chi connectivity index (χ2n) is 5.86. The number of hydrogen-bond donors (Lipinski definition) is 0. The number of benzene rings is 3. The third-order valence-corrected chi connectivity index (χ3v) is 4.79. The molecule has 140 valence electrons. The normalized spacial score (nSPS) is 10.4. The molecule has 3 rings (SSSR count). The van der Waals surface area contributed by atoms with Gasteiger partial charge in [0, 0.05) is 15.6 Å². The van der Waals surface area contributed by atoms with E-state index < -0.39 is 0 Å². The number of hydrogen-bond acceptors (Lipinski definition) is 4. The van der Waals surface area contributed by atoms with Crippen molar-refractivity contribution in [1.29, 1.82) is 0 Å². The first-order valence-corrected chi connectivity index (χ1v) is 9.14. The highest BCUT2D eigenvalue weighted by Gasteiger charge is 2.13. The Bertz CT molecular complexity index is 879. The van der Waals surface area contributed by atoms with Crippen molar-refractivity contribution in [3.8, 4) is 45.3 Å². The average molecular weight is 429 g/mol. The molecule has 27 heavy (non-hydrogen) atoms. The maximum atomic E-state index is 5.55. The molecule has 0 N–H and O–H groups in total. The van der Waals surface area contributed by atoms with Crippen LogP contribution < -0.4 is 18.9 Å². The van der Waals surface area contributed by atoms with Crippen molar-refractivity contribution in [2.45, 2.75) is 0 Å². The molecule has 0 atom stereocenters. The standard InChI is InChI=1S/C22H21BrO4/c1-24-17-5-7-21(26-3)19(12-17)14-9-15(11-16(23)10-14)20-13-18(25-2)6-8-22(20)27-4/h5-13H,1-4H3. The Balaban J connectivity index is 2.20. The number of ether oxygens (including phenoxy) is 4. The van der Waals surface area contributed by atoms with Crippen molar-refractivity contribution in [3.63, 3.8) is 0 Å². The van der Waals surface area contributed by atoms with Crippen molar-refractivity contribution in [2.75, 3.05) is 28.4 Å². The van der Waals surface area contributed by atoms with Gasteiger partial charge in [-0.15, -0.1) is 0 Å². The lowest BCUT2D eigenvalue weighted by Crippen LogP contribution is -1.93.